The third-order valence-corrected chi connectivity index (χ3v) is 16.1. The number of para-hydroxylation sites is 2. The van der Waals surface area contributed by atoms with E-state index in [9.17, 15) is 0 Å². The Morgan fingerprint density at radius 1 is 0.370 bits per heavy atom. The van der Waals surface area contributed by atoms with Crippen LogP contribution in [0, 0.1) is 0 Å². The predicted molar refractivity (Wildman–Crippen MR) is 314 cm³/mol. The highest BCUT2D eigenvalue weighted by molar-refractivity contribution is 7.00. The summed E-state index contributed by atoms with van der Waals surface area (Å²) >= 11 is 0. The van der Waals surface area contributed by atoms with E-state index >= 15 is 0 Å². The van der Waals surface area contributed by atoms with Crippen molar-refractivity contribution in [2.45, 2.75) is 97.8 Å². The summed E-state index contributed by atoms with van der Waals surface area (Å²) in [6.45, 7) is 25.6. The van der Waals surface area contributed by atoms with Gasteiger partial charge in [-0.1, -0.05) is 197 Å². The van der Waals surface area contributed by atoms with E-state index in [0.29, 0.717) is 0 Å². The molecule has 0 aromatic heterocycles. The van der Waals surface area contributed by atoms with E-state index in [1.165, 1.54) is 94.9 Å². The van der Waals surface area contributed by atoms with Gasteiger partial charge in [-0.15, -0.1) is 0 Å². The molecule has 0 saturated carbocycles. The summed E-state index contributed by atoms with van der Waals surface area (Å²) in [5, 5.41) is 0. The quantitative estimate of drug-likeness (QED) is 0.154. The number of anilines is 9. The zero-order valence-corrected chi connectivity index (χ0v) is 44.5. The molecule has 2 aliphatic heterocycles. The Morgan fingerprint density at radius 2 is 0.932 bits per heavy atom. The van der Waals surface area contributed by atoms with Gasteiger partial charge < -0.3 is 14.7 Å². The van der Waals surface area contributed by atoms with Gasteiger partial charge in [0.2, 0.25) is 0 Å². The van der Waals surface area contributed by atoms with Crippen LogP contribution in [0.15, 0.2) is 200 Å². The molecular formula is C69H66BN3. The molecule has 12 rings (SSSR count). The lowest BCUT2D eigenvalue weighted by atomic mass is 9.33. The van der Waals surface area contributed by atoms with Crippen LogP contribution in [0.4, 0.5) is 51.2 Å². The Labute approximate surface area is 434 Å². The normalized spacial score (nSPS) is 14.3. The van der Waals surface area contributed by atoms with Crippen molar-refractivity contribution in [3.8, 4) is 22.3 Å². The van der Waals surface area contributed by atoms with Crippen molar-refractivity contribution in [3.05, 3.63) is 228 Å². The lowest BCUT2D eigenvalue weighted by Gasteiger charge is -2.45. The molecule has 73 heavy (non-hydrogen) atoms. The van der Waals surface area contributed by atoms with Gasteiger partial charge in [-0.05, 0) is 156 Å². The molecule has 3 nitrogen and oxygen atoms in total. The van der Waals surface area contributed by atoms with Crippen LogP contribution in [0.25, 0.3) is 22.3 Å². The molecule has 0 amide bonds. The minimum Gasteiger partial charge on any atom is -0.311 e. The Kier molecular flexibility index (Phi) is 10.7. The second-order valence-corrected chi connectivity index (χ2v) is 24.3. The van der Waals surface area contributed by atoms with Crippen molar-refractivity contribution < 1.29 is 0 Å². The van der Waals surface area contributed by atoms with Crippen LogP contribution in [-0.2, 0) is 21.7 Å². The van der Waals surface area contributed by atoms with E-state index in [4.69, 9.17) is 0 Å². The van der Waals surface area contributed by atoms with E-state index in [-0.39, 0.29) is 28.4 Å². The fraction of sp³-hybridized carbons (Fsp3) is 0.217. The fourth-order valence-corrected chi connectivity index (χ4v) is 12.1. The molecule has 9 aromatic rings. The lowest BCUT2D eigenvalue weighted by molar-refractivity contribution is 0.590. The maximum atomic E-state index is 2.60. The third-order valence-electron chi connectivity index (χ3n) is 16.1. The third kappa shape index (κ3) is 7.63. The smallest absolute Gasteiger partial charge is 0.252 e. The van der Waals surface area contributed by atoms with Crippen molar-refractivity contribution in [2.75, 3.05) is 14.7 Å². The average molecular weight is 948 g/mol. The summed E-state index contributed by atoms with van der Waals surface area (Å²) in [7, 11) is 0. The summed E-state index contributed by atoms with van der Waals surface area (Å²) in [5.41, 5.74) is 26.0. The topological polar surface area (TPSA) is 9.72 Å². The molecule has 0 unspecified atom stereocenters. The van der Waals surface area contributed by atoms with Gasteiger partial charge in [-0.2, -0.15) is 0 Å². The molecule has 0 spiro atoms. The highest BCUT2D eigenvalue weighted by atomic mass is 15.2. The van der Waals surface area contributed by atoms with E-state index in [1.807, 2.05) is 0 Å². The summed E-state index contributed by atoms with van der Waals surface area (Å²) < 4.78 is 0. The highest BCUT2D eigenvalue weighted by Gasteiger charge is 2.45. The molecule has 0 radical (unpaired) electrons. The van der Waals surface area contributed by atoms with Gasteiger partial charge in [0, 0.05) is 56.5 Å². The summed E-state index contributed by atoms with van der Waals surface area (Å²) in [6.07, 6.45) is 0. The monoisotopic (exact) mass is 948 g/mol. The SMILES string of the molecule is CC(C)(C)c1ccc(-c2cc(C(C)(C)C)ccc2N2c3ccc(C(C)(C)C)cc3B3c4ccc(N(c5ccccc5)c5ccccc5)cc4N(c4ccc5c(c4)C(C)(C)c4ccccc4-5)c4cccc2c43)cc1. The standard InChI is InChI=1S/C69H66BN3/c1-66(2,3)46-31-29-45(30-32-46)55-41-47(67(4,5)6)33-39-60(55)73-61-40-34-48(68(7,8)9)42-59(61)70-58-38-36-52(71(49-21-14-12-15-22-49)50-23-16-13-17-24-50)44-64(58)72(62-27-20-28-63(73)65(62)70)51-35-37-54-53-25-18-19-26-56(53)69(10,11)57(54)43-51/h12-44H,1-11H3. The van der Waals surface area contributed by atoms with Crippen LogP contribution in [0.3, 0.4) is 0 Å². The molecule has 9 aromatic carbocycles. The molecule has 2 heterocycles. The Hall–Kier alpha value is -7.56. The minimum atomic E-state index is -0.168. The van der Waals surface area contributed by atoms with Crippen molar-refractivity contribution >= 4 is 74.3 Å². The van der Waals surface area contributed by atoms with Gasteiger partial charge in [-0.3, -0.25) is 0 Å². The lowest BCUT2D eigenvalue weighted by Crippen LogP contribution is -2.61. The molecular weight excluding hydrogens is 882 g/mol. The fourth-order valence-electron chi connectivity index (χ4n) is 12.1. The zero-order chi connectivity index (χ0) is 50.8. The average Bonchev–Trinajstić information content (AvgIpc) is 3.61. The van der Waals surface area contributed by atoms with Gasteiger partial charge in [0.1, 0.15) is 0 Å². The first-order chi connectivity index (χ1) is 34.9. The van der Waals surface area contributed by atoms with Crippen LogP contribution in [0.1, 0.15) is 104 Å². The van der Waals surface area contributed by atoms with Crippen molar-refractivity contribution in [3.63, 3.8) is 0 Å². The molecule has 4 heteroatoms. The molecule has 0 saturated heterocycles. The Bertz CT molecular complexity index is 3570. The summed E-state index contributed by atoms with van der Waals surface area (Å²) in [4.78, 5) is 7.59. The second-order valence-electron chi connectivity index (χ2n) is 24.3. The molecule has 3 aliphatic rings. The summed E-state index contributed by atoms with van der Waals surface area (Å²) in [6, 6.07) is 76.1. The maximum Gasteiger partial charge on any atom is 0.252 e. The molecule has 0 bridgehead atoms. The van der Waals surface area contributed by atoms with E-state index in [2.05, 4.69) is 291 Å². The van der Waals surface area contributed by atoms with Gasteiger partial charge in [0.05, 0.1) is 5.69 Å². The van der Waals surface area contributed by atoms with Gasteiger partial charge in [0.25, 0.3) is 6.71 Å². The first-order valence-electron chi connectivity index (χ1n) is 26.3. The second kappa shape index (κ2) is 16.8. The highest BCUT2D eigenvalue weighted by Crippen LogP contribution is 2.53. The van der Waals surface area contributed by atoms with Crippen molar-refractivity contribution in [1.82, 2.24) is 0 Å². The first-order valence-corrected chi connectivity index (χ1v) is 26.3. The Balaban J connectivity index is 1.14. The van der Waals surface area contributed by atoms with Gasteiger partial charge in [-0.25, -0.2) is 0 Å². The molecule has 1 aliphatic carbocycles. The Morgan fingerprint density at radius 3 is 1.58 bits per heavy atom. The first kappa shape index (κ1) is 46.5. The van der Waals surface area contributed by atoms with E-state index < -0.39 is 0 Å². The zero-order valence-electron chi connectivity index (χ0n) is 44.5. The molecule has 0 N–H and O–H groups in total. The summed E-state index contributed by atoms with van der Waals surface area (Å²) in [5.74, 6) is 0. The minimum absolute atomic E-state index is 0.0392. The van der Waals surface area contributed by atoms with Crippen LogP contribution in [0.2, 0.25) is 0 Å². The number of rotatable bonds is 6. The predicted octanol–water partition coefficient (Wildman–Crippen LogP) is 17.1. The number of hydrogen-bond acceptors (Lipinski definition) is 3. The van der Waals surface area contributed by atoms with Crippen molar-refractivity contribution in [1.29, 1.82) is 0 Å². The molecule has 360 valence electrons. The van der Waals surface area contributed by atoms with E-state index in [0.717, 1.165) is 22.7 Å². The van der Waals surface area contributed by atoms with E-state index in [1.54, 1.807) is 0 Å². The van der Waals surface area contributed by atoms with Crippen LogP contribution in [-0.4, -0.2) is 6.71 Å². The number of nitrogens with zero attached hydrogens (tertiary/aromatic N) is 3. The molecule has 0 fully saturated rings. The van der Waals surface area contributed by atoms with Gasteiger partial charge in [0.15, 0.2) is 0 Å². The number of fused-ring (bicyclic) bond motifs is 7. The van der Waals surface area contributed by atoms with Crippen LogP contribution < -0.4 is 31.1 Å². The number of benzene rings is 9. The molecule has 0 atom stereocenters. The van der Waals surface area contributed by atoms with Crippen LogP contribution in [0.5, 0.6) is 0 Å². The van der Waals surface area contributed by atoms with Crippen molar-refractivity contribution in [2.24, 2.45) is 0 Å². The van der Waals surface area contributed by atoms with Crippen LogP contribution >= 0.6 is 0 Å². The maximum absolute atomic E-state index is 2.60. The largest absolute Gasteiger partial charge is 0.311 e. The van der Waals surface area contributed by atoms with Gasteiger partial charge >= 0.3 is 0 Å². The number of hydrogen-bond donors (Lipinski definition) is 0.